The molecule has 208 valence electrons. The highest BCUT2D eigenvalue weighted by Gasteiger charge is 2.30. The molecule has 0 radical (unpaired) electrons. The number of allylic oxidation sites excluding steroid dienone is 1. The van der Waals surface area contributed by atoms with Crippen molar-refractivity contribution in [2.24, 2.45) is 4.99 Å². The van der Waals surface area contributed by atoms with Gasteiger partial charge in [-0.05, 0) is 66.6 Å². The smallest absolute Gasteiger partial charge is 0.338 e. The van der Waals surface area contributed by atoms with Gasteiger partial charge < -0.3 is 14.8 Å². The topological polar surface area (TPSA) is 77.0 Å². The predicted molar refractivity (Wildman–Crippen MR) is 162 cm³/mol. The van der Waals surface area contributed by atoms with E-state index in [9.17, 15) is 9.59 Å². The van der Waals surface area contributed by atoms with E-state index < -0.39 is 6.04 Å². The van der Waals surface area contributed by atoms with Gasteiger partial charge in [-0.3, -0.25) is 0 Å². The molecule has 6 nitrogen and oxygen atoms in total. The number of esters is 2. The number of carbonyl (C=O) groups is 2. The molecule has 1 N–H and O–H groups in total. The number of hydrogen-bond donors (Lipinski definition) is 1. The molecular weight excluding hydrogens is 520 g/mol. The quantitative estimate of drug-likeness (QED) is 0.276. The Kier molecular flexibility index (Phi) is 9.83. The number of hydrogen-bond acceptors (Lipinski definition) is 7. The average molecular weight is 557 g/mol. The number of nitrogens with zero attached hydrogens (tertiary/aromatic N) is 1. The fourth-order valence-electron chi connectivity index (χ4n) is 4.48. The summed E-state index contributed by atoms with van der Waals surface area (Å²) in [7, 11) is 0. The lowest BCUT2D eigenvalue weighted by atomic mass is 9.94. The zero-order valence-corrected chi connectivity index (χ0v) is 24.5. The molecule has 1 heterocycles. The van der Waals surface area contributed by atoms with Crippen LogP contribution in [0, 0.1) is 0 Å². The predicted octanol–water partition coefficient (Wildman–Crippen LogP) is 7.42. The first-order valence-electron chi connectivity index (χ1n) is 13.6. The highest BCUT2D eigenvalue weighted by atomic mass is 32.2. The lowest BCUT2D eigenvalue weighted by molar-refractivity contribution is -0.138. The van der Waals surface area contributed by atoms with Gasteiger partial charge in [0.1, 0.15) is 6.04 Å². The first-order chi connectivity index (χ1) is 19.3. The number of aliphatic imine (C=N–C) groups is 1. The van der Waals surface area contributed by atoms with Gasteiger partial charge in [-0.1, -0.05) is 86.3 Å². The third kappa shape index (κ3) is 7.02. The van der Waals surface area contributed by atoms with Crippen molar-refractivity contribution in [3.63, 3.8) is 0 Å². The Morgan fingerprint density at radius 2 is 1.57 bits per heavy atom. The third-order valence-corrected chi connectivity index (χ3v) is 7.63. The molecule has 1 aliphatic rings. The Hall–Kier alpha value is -3.84. The van der Waals surface area contributed by atoms with Crippen LogP contribution in [0.4, 0.5) is 0 Å². The molecule has 0 fully saturated rings. The van der Waals surface area contributed by atoms with Gasteiger partial charge in [0.2, 0.25) is 0 Å². The van der Waals surface area contributed by atoms with Crippen LogP contribution in [-0.4, -0.2) is 30.3 Å². The molecule has 0 spiro atoms. The number of amidine groups is 1. The molecule has 0 aliphatic carbocycles. The molecule has 0 aromatic heterocycles. The summed E-state index contributed by atoms with van der Waals surface area (Å²) in [5, 5.41) is 4.08. The summed E-state index contributed by atoms with van der Waals surface area (Å²) in [5.41, 5.74) is 7.02. The van der Waals surface area contributed by atoms with Crippen molar-refractivity contribution < 1.29 is 19.1 Å². The summed E-state index contributed by atoms with van der Waals surface area (Å²) < 4.78 is 10.5. The van der Waals surface area contributed by atoms with Gasteiger partial charge in [0, 0.05) is 11.4 Å². The van der Waals surface area contributed by atoms with Gasteiger partial charge in [0.25, 0.3) is 0 Å². The summed E-state index contributed by atoms with van der Waals surface area (Å²) in [6, 6.07) is 23.5. The van der Waals surface area contributed by atoms with Crippen LogP contribution >= 0.6 is 11.8 Å². The third-order valence-electron chi connectivity index (χ3n) is 6.67. The maximum absolute atomic E-state index is 13.0. The molecule has 0 bridgehead atoms. The Bertz CT molecular complexity index is 1410. The number of thioether (sulfide) groups is 1. The van der Waals surface area contributed by atoms with E-state index in [0.717, 1.165) is 33.3 Å². The molecular formula is C33H36N2O4S. The van der Waals surface area contributed by atoms with E-state index in [0.29, 0.717) is 23.7 Å². The van der Waals surface area contributed by atoms with E-state index in [1.807, 2.05) is 49.4 Å². The number of rotatable bonds is 9. The monoisotopic (exact) mass is 556 g/mol. The molecule has 1 aliphatic heterocycles. The van der Waals surface area contributed by atoms with Crippen LogP contribution in [0.15, 0.2) is 89.1 Å². The second-order valence-electron chi connectivity index (χ2n) is 9.83. The summed E-state index contributed by atoms with van der Waals surface area (Å²) in [6.07, 6.45) is 0. The lowest BCUT2D eigenvalue weighted by Gasteiger charge is -2.26. The SMILES string of the molecule is CCOC(=O)C1=C(C)NC(SCc2ccc(C(C)C)cc2)=NC1c1ccc(-c2cccc(C(=O)OCC)c2)cc1. The molecule has 1 atom stereocenters. The molecule has 4 rings (SSSR count). The van der Waals surface area contributed by atoms with Crippen molar-refractivity contribution in [2.45, 2.75) is 52.3 Å². The second kappa shape index (κ2) is 13.5. The maximum Gasteiger partial charge on any atom is 0.338 e. The zero-order valence-electron chi connectivity index (χ0n) is 23.7. The largest absolute Gasteiger partial charge is 0.463 e. The van der Waals surface area contributed by atoms with Gasteiger partial charge in [0.15, 0.2) is 5.17 Å². The summed E-state index contributed by atoms with van der Waals surface area (Å²) in [4.78, 5) is 30.1. The molecule has 0 saturated carbocycles. The lowest BCUT2D eigenvalue weighted by Crippen LogP contribution is -2.30. The fourth-order valence-corrected chi connectivity index (χ4v) is 5.38. The normalized spacial score (nSPS) is 14.9. The van der Waals surface area contributed by atoms with Gasteiger partial charge in [-0.25, -0.2) is 14.6 Å². The number of benzene rings is 3. The van der Waals surface area contributed by atoms with Crippen LogP contribution in [0.25, 0.3) is 11.1 Å². The van der Waals surface area contributed by atoms with Crippen LogP contribution in [0.1, 0.15) is 73.6 Å². The Labute approximate surface area is 240 Å². The van der Waals surface area contributed by atoms with E-state index in [1.165, 1.54) is 11.1 Å². The summed E-state index contributed by atoms with van der Waals surface area (Å²) in [5.74, 6) is 0.537. The molecule has 0 saturated heterocycles. The summed E-state index contributed by atoms with van der Waals surface area (Å²) in [6.45, 7) is 10.5. The fraction of sp³-hybridized carbons (Fsp3) is 0.303. The van der Waals surface area contributed by atoms with Crippen LogP contribution in [0.2, 0.25) is 0 Å². The van der Waals surface area contributed by atoms with Crippen molar-refractivity contribution >= 4 is 28.9 Å². The Balaban J connectivity index is 1.59. The van der Waals surface area contributed by atoms with E-state index >= 15 is 0 Å². The first kappa shape index (κ1) is 29.2. The van der Waals surface area contributed by atoms with Crippen LogP contribution in [0.5, 0.6) is 0 Å². The minimum absolute atomic E-state index is 0.287. The van der Waals surface area contributed by atoms with Crippen LogP contribution in [0.3, 0.4) is 0 Å². The Morgan fingerprint density at radius 3 is 2.23 bits per heavy atom. The molecule has 3 aromatic carbocycles. The molecule has 3 aromatic rings. The minimum Gasteiger partial charge on any atom is -0.463 e. The molecule has 1 unspecified atom stereocenters. The van der Waals surface area contributed by atoms with Gasteiger partial charge >= 0.3 is 11.9 Å². The average Bonchev–Trinajstić information content (AvgIpc) is 2.96. The number of nitrogens with one attached hydrogen (secondary N) is 1. The van der Waals surface area contributed by atoms with E-state index in [-0.39, 0.29) is 18.5 Å². The second-order valence-corrected chi connectivity index (χ2v) is 10.8. The van der Waals surface area contributed by atoms with Gasteiger partial charge in [0.05, 0.1) is 24.4 Å². The first-order valence-corrected chi connectivity index (χ1v) is 14.6. The van der Waals surface area contributed by atoms with Gasteiger partial charge in [-0.15, -0.1) is 0 Å². The highest BCUT2D eigenvalue weighted by Crippen LogP contribution is 2.35. The number of ether oxygens (including phenoxy) is 2. The zero-order chi connectivity index (χ0) is 28.6. The van der Waals surface area contributed by atoms with Crippen LogP contribution < -0.4 is 5.32 Å². The number of carbonyl (C=O) groups excluding carboxylic acids is 2. The molecule has 40 heavy (non-hydrogen) atoms. The maximum atomic E-state index is 13.0. The van der Waals surface area contributed by atoms with Crippen molar-refractivity contribution in [3.8, 4) is 11.1 Å². The van der Waals surface area contributed by atoms with E-state index in [4.69, 9.17) is 14.5 Å². The van der Waals surface area contributed by atoms with E-state index in [1.54, 1.807) is 31.7 Å². The van der Waals surface area contributed by atoms with Crippen LogP contribution in [-0.2, 0) is 20.0 Å². The minimum atomic E-state index is -0.494. The van der Waals surface area contributed by atoms with Crippen molar-refractivity contribution in [1.29, 1.82) is 0 Å². The van der Waals surface area contributed by atoms with E-state index in [2.05, 4.69) is 43.4 Å². The van der Waals surface area contributed by atoms with Gasteiger partial charge in [-0.2, -0.15) is 0 Å². The standard InChI is InChI=1S/C33H36N2O4S/c1-6-38-31(36)28-10-8-9-27(19-28)25-15-17-26(18-16-25)30-29(32(37)39-7-2)22(5)34-33(35-30)40-20-23-11-13-24(14-12-23)21(3)4/h8-19,21,30H,6-7,20H2,1-5H3,(H,34,35). The van der Waals surface area contributed by atoms with Crippen molar-refractivity contribution in [1.82, 2.24) is 5.32 Å². The highest BCUT2D eigenvalue weighted by molar-refractivity contribution is 8.13. The molecule has 0 amide bonds. The van der Waals surface area contributed by atoms with Crippen molar-refractivity contribution in [2.75, 3.05) is 13.2 Å². The molecule has 7 heteroatoms. The Morgan fingerprint density at radius 1 is 0.900 bits per heavy atom. The van der Waals surface area contributed by atoms with Crippen molar-refractivity contribution in [3.05, 3.63) is 106 Å². The summed E-state index contributed by atoms with van der Waals surface area (Å²) >= 11 is 1.61.